The van der Waals surface area contributed by atoms with Gasteiger partial charge in [-0.2, -0.15) is 14.6 Å². The summed E-state index contributed by atoms with van der Waals surface area (Å²) in [6, 6.07) is 9.05. The molecule has 8 heteroatoms. The lowest BCUT2D eigenvalue weighted by Gasteiger charge is -2.08. The van der Waals surface area contributed by atoms with E-state index in [2.05, 4.69) is 20.3 Å². The molecule has 0 spiro atoms. The molecule has 8 nitrogen and oxygen atoms in total. The summed E-state index contributed by atoms with van der Waals surface area (Å²) in [6.07, 6.45) is 3.06. The van der Waals surface area contributed by atoms with Gasteiger partial charge in [0.2, 0.25) is 0 Å². The van der Waals surface area contributed by atoms with Crippen LogP contribution < -0.4 is 10.3 Å². The Labute approximate surface area is 130 Å². The van der Waals surface area contributed by atoms with Crippen molar-refractivity contribution in [1.29, 1.82) is 0 Å². The van der Waals surface area contributed by atoms with E-state index in [4.69, 9.17) is 4.74 Å². The Kier molecular flexibility index (Phi) is 3.00. The molecule has 0 saturated heterocycles. The first-order chi connectivity index (χ1) is 11.3. The third-order valence-electron chi connectivity index (χ3n) is 3.47. The van der Waals surface area contributed by atoms with Crippen LogP contribution in [-0.4, -0.2) is 36.0 Å². The van der Waals surface area contributed by atoms with Crippen molar-refractivity contribution in [1.82, 2.24) is 29.4 Å². The van der Waals surface area contributed by atoms with E-state index in [1.165, 1.54) is 15.4 Å². The molecule has 0 atom stereocenters. The van der Waals surface area contributed by atoms with Crippen LogP contribution >= 0.6 is 0 Å². The van der Waals surface area contributed by atoms with Gasteiger partial charge in [0.25, 0.3) is 11.3 Å². The molecule has 4 aromatic rings. The third kappa shape index (κ3) is 2.11. The molecule has 0 radical (unpaired) electrons. The van der Waals surface area contributed by atoms with Crippen molar-refractivity contribution >= 4 is 16.8 Å². The normalized spacial score (nSPS) is 11.2. The fraction of sp³-hybridized carbons (Fsp3) is 0.133. The lowest BCUT2D eigenvalue weighted by atomic mass is 10.3. The SMILES string of the molecule is CCOc1ccc(-n2ccc3c(nnc4ncnn43)c2=O)cc1. The Morgan fingerprint density at radius 3 is 2.74 bits per heavy atom. The summed E-state index contributed by atoms with van der Waals surface area (Å²) >= 11 is 0. The van der Waals surface area contributed by atoms with E-state index in [9.17, 15) is 4.79 Å². The Morgan fingerprint density at radius 1 is 1.13 bits per heavy atom. The monoisotopic (exact) mass is 308 g/mol. The maximum atomic E-state index is 12.7. The van der Waals surface area contributed by atoms with Crippen LogP contribution in [0.2, 0.25) is 0 Å². The molecule has 3 heterocycles. The Bertz CT molecular complexity index is 1050. The van der Waals surface area contributed by atoms with Crippen LogP contribution in [0.1, 0.15) is 6.92 Å². The summed E-state index contributed by atoms with van der Waals surface area (Å²) in [5.41, 5.74) is 1.26. The van der Waals surface area contributed by atoms with Gasteiger partial charge in [0, 0.05) is 11.9 Å². The summed E-state index contributed by atoms with van der Waals surface area (Å²) < 4.78 is 8.41. The number of hydrogen-bond acceptors (Lipinski definition) is 6. The zero-order valence-corrected chi connectivity index (χ0v) is 12.2. The van der Waals surface area contributed by atoms with Crippen LogP contribution in [0, 0.1) is 0 Å². The van der Waals surface area contributed by atoms with E-state index < -0.39 is 0 Å². The minimum Gasteiger partial charge on any atom is -0.494 e. The van der Waals surface area contributed by atoms with E-state index in [1.807, 2.05) is 31.2 Å². The molecule has 0 aliphatic heterocycles. The number of aromatic nitrogens is 6. The molecular formula is C15H12N6O2. The Balaban J connectivity index is 1.89. The van der Waals surface area contributed by atoms with Crippen molar-refractivity contribution in [3.8, 4) is 11.4 Å². The average Bonchev–Trinajstić information content (AvgIpc) is 3.05. The van der Waals surface area contributed by atoms with Crippen LogP contribution in [0.3, 0.4) is 0 Å². The highest BCUT2D eigenvalue weighted by Crippen LogP contribution is 2.15. The minimum absolute atomic E-state index is 0.236. The summed E-state index contributed by atoms with van der Waals surface area (Å²) in [5, 5.41) is 12.0. The predicted octanol–water partition coefficient (Wildman–Crippen LogP) is 1.22. The molecule has 0 fully saturated rings. The van der Waals surface area contributed by atoms with Gasteiger partial charge < -0.3 is 4.74 Å². The molecule has 1 aromatic carbocycles. The fourth-order valence-electron chi connectivity index (χ4n) is 2.42. The van der Waals surface area contributed by atoms with Gasteiger partial charge in [-0.1, -0.05) is 0 Å². The number of fused-ring (bicyclic) bond motifs is 3. The average molecular weight is 308 g/mol. The van der Waals surface area contributed by atoms with Crippen molar-refractivity contribution in [3.63, 3.8) is 0 Å². The molecule has 0 unspecified atom stereocenters. The van der Waals surface area contributed by atoms with Crippen LogP contribution in [0.25, 0.3) is 22.5 Å². The maximum Gasteiger partial charge on any atom is 0.285 e. The zero-order chi connectivity index (χ0) is 15.8. The Morgan fingerprint density at radius 2 is 1.96 bits per heavy atom. The van der Waals surface area contributed by atoms with Gasteiger partial charge in [0.15, 0.2) is 5.52 Å². The second-order valence-corrected chi connectivity index (χ2v) is 4.82. The van der Waals surface area contributed by atoms with E-state index >= 15 is 0 Å². The number of hydrogen-bond donors (Lipinski definition) is 0. The molecule has 0 amide bonds. The summed E-state index contributed by atoms with van der Waals surface area (Å²) in [7, 11) is 0. The van der Waals surface area contributed by atoms with Crippen molar-refractivity contribution in [2.75, 3.05) is 6.61 Å². The first kappa shape index (κ1) is 13.4. The van der Waals surface area contributed by atoms with Crippen molar-refractivity contribution in [3.05, 3.63) is 53.2 Å². The van der Waals surface area contributed by atoms with Crippen LogP contribution in [0.15, 0.2) is 47.7 Å². The largest absolute Gasteiger partial charge is 0.494 e. The molecule has 0 aliphatic carbocycles. The summed E-state index contributed by atoms with van der Waals surface area (Å²) in [5.74, 6) is 1.12. The topological polar surface area (TPSA) is 87.2 Å². The summed E-state index contributed by atoms with van der Waals surface area (Å²) in [6.45, 7) is 2.52. The van der Waals surface area contributed by atoms with E-state index in [0.717, 1.165) is 11.4 Å². The number of rotatable bonds is 3. The second-order valence-electron chi connectivity index (χ2n) is 4.82. The van der Waals surface area contributed by atoms with Gasteiger partial charge in [-0.15, -0.1) is 10.2 Å². The molecule has 4 rings (SSSR count). The number of benzene rings is 1. The van der Waals surface area contributed by atoms with E-state index in [-0.39, 0.29) is 11.1 Å². The molecule has 0 saturated carbocycles. The molecule has 0 aliphatic rings. The molecular weight excluding hydrogens is 296 g/mol. The minimum atomic E-state index is -0.267. The van der Waals surface area contributed by atoms with Crippen LogP contribution in [-0.2, 0) is 0 Å². The molecule has 114 valence electrons. The lowest BCUT2D eigenvalue weighted by Crippen LogP contribution is -2.20. The highest BCUT2D eigenvalue weighted by atomic mass is 16.5. The first-order valence-electron chi connectivity index (χ1n) is 7.09. The first-order valence-corrected chi connectivity index (χ1v) is 7.09. The number of nitrogens with zero attached hydrogens (tertiary/aromatic N) is 6. The molecule has 0 bridgehead atoms. The molecule has 23 heavy (non-hydrogen) atoms. The van der Waals surface area contributed by atoms with Crippen molar-refractivity contribution in [2.24, 2.45) is 0 Å². The van der Waals surface area contributed by atoms with E-state index in [0.29, 0.717) is 17.9 Å². The highest BCUT2D eigenvalue weighted by molar-refractivity contribution is 5.74. The van der Waals surface area contributed by atoms with Crippen LogP contribution in [0.4, 0.5) is 0 Å². The van der Waals surface area contributed by atoms with Gasteiger partial charge in [-0.3, -0.25) is 9.36 Å². The number of ether oxygens (including phenoxy) is 1. The predicted molar refractivity (Wildman–Crippen MR) is 82.8 cm³/mol. The van der Waals surface area contributed by atoms with Crippen molar-refractivity contribution < 1.29 is 4.74 Å². The second kappa shape index (κ2) is 5.16. The van der Waals surface area contributed by atoms with E-state index in [1.54, 1.807) is 12.3 Å². The lowest BCUT2D eigenvalue weighted by molar-refractivity contribution is 0.340. The molecule has 0 N–H and O–H groups in total. The highest BCUT2D eigenvalue weighted by Gasteiger charge is 2.11. The van der Waals surface area contributed by atoms with Crippen LogP contribution in [0.5, 0.6) is 5.75 Å². The van der Waals surface area contributed by atoms with Gasteiger partial charge in [-0.25, -0.2) is 0 Å². The Hall–Kier alpha value is -3.29. The van der Waals surface area contributed by atoms with Gasteiger partial charge in [-0.05, 0) is 37.3 Å². The fourth-order valence-corrected chi connectivity index (χ4v) is 2.42. The standard InChI is InChI=1S/C15H12N6O2/c1-2-23-11-5-3-10(4-6-11)20-8-7-12-13(14(20)22)18-19-15-16-9-17-21(12)15/h3-9H,2H2,1H3. The number of pyridine rings is 1. The summed E-state index contributed by atoms with van der Waals surface area (Å²) in [4.78, 5) is 16.6. The maximum absolute atomic E-state index is 12.7. The molecule has 3 aromatic heterocycles. The third-order valence-corrected chi connectivity index (χ3v) is 3.47. The van der Waals surface area contributed by atoms with Gasteiger partial charge >= 0.3 is 0 Å². The van der Waals surface area contributed by atoms with Gasteiger partial charge in [0.1, 0.15) is 17.6 Å². The quantitative estimate of drug-likeness (QED) is 0.565. The van der Waals surface area contributed by atoms with Crippen molar-refractivity contribution in [2.45, 2.75) is 6.92 Å². The smallest absolute Gasteiger partial charge is 0.285 e. The van der Waals surface area contributed by atoms with Gasteiger partial charge in [0.05, 0.1) is 6.61 Å². The zero-order valence-electron chi connectivity index (χ0n) is 12.2.